The number of nitrogens with zero attached hydrogens (tertiary/aromatic N) is 2. The number of rotatable bonds is 10. The van der Waals surface area contributed by atoms with Crippen molar-refractivity contribution in [2.45, 2.75) is 91.1 Å². The van der Waals surface area contributed by atoms with Gasteiger partial charge in [0.2, 0.25) is 23.5 Å². The second-order valence-electron chi connectivity index (χ2n) is 14.0. The van der Waals surface area contributed by atoms with Crippen molar-refractivity contribution >= 4 is 35.4 Å². The van der Waals surface area contributed by atoms with Gasteiger partial charge in [0.25, 0.3) is 5.91 Å². The molecule has 0 aromatic carbocycles. The lowest BCUT2D eigenvalue weighted by Crippen LogP contribution is -2.63. The number of hydrogen-bond acceptors (Lipinski definition) is 6. The summed E-state index contributed by atoms with van der Waals surface area (Å²) in [5, 5.41) is 7.58. The van der Waals surface area contributed by atoms with Crippen molar-refractivity contribution in [1.82, 2.24) is 25.8 Å². The molecule has 6 amide bonds. The predicted molar refractivity (Wildman–Crippen MR) is 157 cm³/mol. The summed E-state index contributed by atoms with van der Waals surface area (Å²) < 4.78 is 38.7. The van der Waals surface area contributed by atoms with Crippen LogP contribution in [-0.4, -0.2) is 88.7 Å². The molecule has 1 unspecified atom stereocenters. The van der Waals surface area contributed by atoms with Gasteiger partial charge in [0.15, 0.2) is 0 Å². The largest absolute Gasteiger partial charge is 0.389 e. The normalized spacial score (nSPS) is 23.1. The zero-order valence-electron chi connectivity index (χ0n) is 26.4. The Labute approximate surface area is 260 Å². The van der Waals surface area contributed by atoms with Gasteiger partial charge in [-0.05, 0) is 23.7 Å². The van der Waals surface area contributed by atoms with Gasteiger partial charge in [0.1, 0.15) is 18.1 Å². The van der Waals surface area contributed by atoms with Crippen LogP contribution >= 0.6 is 0 Å². The second-order valence-corrected chi connectivity index (χ2v) is 14.0. The molecule has 45 heavy (non-hydrogen) atoms. The molecule has 2 aliphatic heterocycles. The second kappa shape index (κ2) is 12.8. The van der Waals surface area contributed by atoms with Gasteiger partial charge in [-0.25, -0.2) is 4.79 Å². The van der Waals surface area contributed by atoms with Crippen LogP contribution in [-0.2, 0) is 24.0 Å². The number of alkyl halides is 3. The molecule has 0 bridgehead atoms. The topological polar surface area (TPSA) is 171 Å². The van der Waals surface area contributed by atoms with Crippen LogP contribution in [0.15, 0.2) is 24.4 Å². The Bertz CT molecular complexity index is 1280. The molecule has 2 fully saturated rings. The summed E-state index contributed by atoms with van der Waals surface area (Å²) in [6, 6.07) is -6.01. The van der Waals surface area contributed by atoms with Crippen LogP contribution in [0.3, 0.4) is 0 Å². The molecule has 3 rings (SSSR count). The number of piperidine rings is 1. The van der Waals surface area contributed by atoms with Gasteiger partial charge in [-0.2, -0.15) is 13.2 Å². The van der Waals surface area contributed by atoms with Gasteiger partial charge in [-0.15, -0.1) is 0 Å². The number of nitrogens with one attached hydrogen (secondary N) is 3. The van der Waals surface area contributed by atoms with E-state index < -0.39 is 89.5 Å². The maximum absolute atomic E-state index is 14.0. The number of Topliss-reactive ketones (excluding diaryl/α,β-unsaturated/α-hetero) is 1. The number of nitrogens with two attached hydrogens (primary N) is 1. The SMILES string of the molecule is C=C1[C@H]2[C@@H]1CN(C(=O)[C@@H](NC(=O)N[C@H](C(=O)N1C=CCC1)C(C)(C)C)C(C)(C)C)[C@@H]2C(=O)NC(CCC(F)(F)F)C(=O)C(N)=O. The Kier molecular flexibility index (Phi) is 10.1. The summed E-state index contributed by atoms with van der Waals surface area (Å²) in [6.07, 6.45) is -2.85. The van der Waals surface area contributed by atoms with Crippen LogP contribution in [0, 0.1) is 22.7 Å². The van der Waals surface area contributed by atoms with Crippen molar-refractivity contribution in [2.75, 3.05) is 13.1 Å². The molecule has 250 valence electrons. The van der Waals surface area contributed by atoms with Gasteiger partial charge in [-0.1, -0.05) is 59.8 Å². The third kappa shape index (κ3) is 8.42. The average Bonchev–Trinajstić information content (AvgIpc) is 3.30. The van der Waals surface area contributed by atoms with Crippen molar-refractivity contribution in [3.05, 3.63) is 24.4 Å². The molecule has 1 saturated heterocycles. The molecular weight excluding hydrogens is 597 g/mol. The number of hydrogen-bond donors (Lipinski definition) is 4. The van der Waals surface area contributed by atoms with E-state index in [0.29, 0.717) is 18.5 Å². The van der Waals surface area contributed by atoms with E-state index in [2.05, 4.69) is 22.5 Å². The number of likely N-dealkylation sites (tertiary alicyclic amines) is 1. The summed E-state index contributed by atoms with van der Waals surface area (Å²) in [6.45, 7) is 14.9. The molecule has 12 nitrogen and oxygen atoms in total. The number of carbonyl (C=O) groups excluding carboxylic acids is 6. The molecule has 0 spiro atoms. The lowest BCUT2D eigenvalue weighted by atomic mass is 9.85. The smallest absolute Gasteiger partial charge is 0.363 e. The molecule has 0 radical (unpaired) electrons. The first kappa shape index (κ1) is 35.6. The molecular formula is C30H43F3N6O6. The Hall–Kier alpha value is -3.91. The maximum Gasteiger partial charge on any atom is 0.389 e. The fourth-order valence-electron chi connectivity index (χ4n) is 5.72. The van der Waals surface area contributed by atoms with Crippen LogP contribution in [0.25, 0.3) is 0 Å². The Balaban J connectivity index is 1.82. The highest BCUT2D eigenvalue weighted by atomic mass is 19.4. The summed E-state index contributed by atoms with van der Waals surface area (Å²) in [4.78, 5) is 80.6. The van der Waals surface area contributed by atoms with E-state index in [9.17, 15) is 41.9 Å². The van der Waals surface area contributed by atoms with Crippen LogP contribution in [0.2, 0.25) is 0 Å². The number of fused-ring (bicyclic) bond motifs is 1. The predicted octanol–water partition coefficient (Wildman–Crippen LogP) is 1.76. The Morgan fingerprint density at radius 2 is 1.51 bits per heavy atom. The number of primary amides is 1. The van der Waals surface area contributed by atoms with E-state index in [1.54, 1.807) is 47.7 Å². The first-order valence-electron chi connectivity index (χ1n) is 14.8. The highest BCUT2D eigenvalue weighted by Gasteiger charge is 2.61. The highest BCUT2D eigenvalue weighted by molar-refractivity contribution is 6.37. The average molecular weight is 641 g/mol. The monoisotopic (exact) mass is 640 g/mol. The van der Waals surface area contributed by atoms with Gasteiger partial charge in [0, 0.05) is 37.5 Å². The quantitative estimate of drug-likeness (QED) is 0.209. The van der Waals surface area contributed by atoms with Crippen molar-refractivity contribution in [2.24, 2.45) is 28.4 Å². The minimum atomic E-state index is -4.67. The number of amides is 6. The van der Waals surface area contributed by atoms with Gasteiger partial charge in [0.05, 0.1) is 6.04 Å². The fraction of sp³-hybridized carbons (Fsp3) is 0.667. The number of urea groups is 1. The standard InChI is InChI=1S/C30H43F3N6O6/c1-15-16-14-39(19(18(15)16)24(42)35-17(20(40)23(34)41)10-11-30(31,32)33)26(44)22(29(5,6)7)37-27(45)36-21(28(2,3)4)25(43)38-12-8-9-13-38/h8,12,16-19,21-22H,1,9-11,13-14H2,2-7H3,(H2,34,41)(H,35,42)(H2,36,37,45)/t16-,17?,18+,19+,21-,22-/m1/s1. The maximum atomic E-state index is 14.0. The van der Waals surface area contributed by atoms with Gasteiger partial charge < -0.3 is 31.5 Å². The lowest BCUT2D eigenvalue weighted by Gasteiger charge is -2.38. The van der Waals surface area contributed by atoms with E-state index in [1.807, 2.05) is 6.08 Å². The zero-order chi connectivity index (χ0) is 34.2. The van der Waals surface area contributed by atoms with Crippen LogP contribution < -0.4 is 21.7 Å². The number of carbonyl (C=O) groups is 6. The van der Waals surface area contributed by atoms with Crippen LogP contribution in [0.1, 0.15) is 60.8 Å². The van der Waals surface area contributed by atoms with E-state index >= 15 is 0 Å². The van der Waals surface area contributed by atoms with Gasteiger partial charge in [-0.3, -0.25) is 24.0 Å². The Morgan fingerprint density at radius 3 is 1.98 bits per heavy atom. The Morgan fingerprint density at radius 1 is 0.956 bits per heavy atom. The highest BCUT2D eigenvalue weighted by Crippen LogP contribution is 2.54. The number of ketones is 1. The van der Waals surface area contributed by atoms with E-state index in [4.69, 9.17) is 5.73 Å². The molecule has 3 aliphatic rings. The summed E-state index contributed by atoms with van der Waals surface area (Å²) in [5.74, 6) is -5.59. The lowest BCUT2D eigenvalue weighted by molar-refractivity contribution is -0.147. The molecule has 1 aliphatic carbocycles. The van der Waals surface area contributed by atoms with Crippen molar-refractivity contribution in [3.8, 4) is 0 Å². The van der Waals surface area contributed by atoms with Gasteiger partial charge >= 0.3 is 12.2 Å². The third-order valence-electron chi connectivity index (χ3n) is 8.32. The van der Waals surface area contributed by atoms with Crippen LogP contribution in [0.4, 0.5) is 18.0 Å². The minimum Gasteiger partial charge on any atom is -0.363 e. The minimum absolute atomic E-state index is 0.0533. The van der Waals surface area contributed by atoms with E-state index in [1.165, 1.54) is 9.80 Å². The molecule has 1 saturated carbocycles. The zero-order valence-corrected chi connectivity index (χ0v) is 26.4. The first-order valence-corrected chi connectivity index (χ1v) is 14.8. The third-order valence-corrected chi connectivity index (χ3v) is 8.32. The molecule has 0 aromatic rings. The van der Waals surface area contributed by atoms with E-state index in [-0.39, 0.29) is 18.4 Å². The molecule has 0 aromatic heterocycles. The number of halogens is 3. The molecule has 15 heteroatoms. The summed E-state index contributed by atoms with van der Waals surface area (Å²) in [7, 11) is 0. The van der Waals surface area contributed by atoms with E-state index in [0.717, 1.165) is 0 Å². The fourth-order valence-corrected chi connectivity index (χ4v) is 5.72. The summed E-state index contributed by atoms with van der Waals surface area (Å²) in [5.41, 5.74) is 4.10. The van der Waals surface area contributed by atoms with Crippen molar-refractivity contribution in [1.29, 1.82) is 0 Å². The molecule has 6 atom stereocenters. The molecule has 2 heterocycles. The molecule has 5 N–H and O–H groups in total. The summed E-state index contributed by atoms with van der Waals surface area (Å²) >= 11 is 0. The van der Waals surface area contributed by atoms with Crippen LogP contribution in [0.5, 0.6) is 0 Å². The van der Waals surface area contributed by atoms with Crippen molar-refractivity contribution in [3.63, 3.8) is 0 Å². The van der Waals surface area contributed by atoms with Crippen molar-refractivity contribution < 1.29 is 41.9 Å². The first-order chi connectivity index (χ1) is 20.5.